The standard InChI is InChI=1S/C13H11NO2/c15-12-9-5-4-8-11(12)13(16)14-10-6-2-1-3-7-10/h1-9,15H,(H,14,16)/p-1. The number of carbonyl (C=O) groups excluding carboxylic acids is 1. The fraction of sp³-hybridized carbons (Fsp3) is 0. The van der Waals surface area contributed by atoms with E-state index in [0.29, 0.717) is 5.69 Å². The second-order valence-electron chi connectivity index (χ2n) is 3.32. The second kappa shape index (κ2) is 4.49. The average Bonchev–Trinajstić information content (AvgIpc) is 2.31. The molecule has 3 nitrogen and oxygen atoms in total. The van der Waals surface area contributed by atoms with Crippen LogP contribution in [-0.4, -0.2) is 5.91 Å². The van der Waals surface area contributed by atoms with Crippen LogP contribution in [0, 0.1) is 0 Å². The van der Waals surface area contributed by atoms with Crippen molar-refractivity contribution >= 4 is 11.6 Å². The summed E-state index contributed by atoms with van der Waals surface area (Å²) in [5.41, 5.74) is 0.835. The van der Waals surface area contributed by atoms with Crippen LogP contribution in [0.3, 0.4) is 0 Å². The smallest absolute Gasteiger partial charge is 0.255 e. The van der Waals surface area contributed by atoms with Crippen LogP contribution in [0.4, 0.5) is 5.69 Å². The zero-order valence-electron chi connectivity index (χ0n) is 8.51. The zero-order valence-corrected chi connectivity index (χ0v) is 8.51. The Labute approximate surface area is 93.4 Å². The van der Waals surface area contributed by atoms with Crippen LogP contribution < -0.4 is 10.4 Å². The van der Waals surface area contributed by atoms with Crippen LogP contribution in [0.25, 0.3) is 0 Å². The van der Waals surface area contributed by atoms with Crippen molar-refractivity contribution in [3.05, 3.63) is 60.2 Å². The molecule has 3 heteroatoms. The first-order valence-corrected chi connectivity index (χ1v) is 4.90. The number of para-hydroxylation sites is 2. The van der Waals surface area contributed by atoms with Crippen molar-refractivity contribution in [2.45, 2.75) is 0 Å². The van der Waals surface area contributed by atoms with Gasteiger partial charge in [0.1, 0.15) is 0 Å². The molecule has 0 radical (unpaired) electrons. The van der Waals surface area contributed by atoms with Gasteiger partial charge in [-0.25, -0.2) is 0 Å². The fourth-order valence-electron chi connectivity index (χ4n) is 1.37. The normalized spacial score (nSPS) is 9.75. The lowest BCUT2D eigenvalue weighted by atomic mass is 10.2. The molecule has 16 heavy (non-hydrogen) atoms. The molecule has 0 saturated heterocycles. The molecule has 2 aromatic rings. The lowest BCUT2D eigenvalue weighted by Crippen LogP contribution is -2.14. The van der Waals surface area contributed by atoms with E-state index in [1.54, 1.807) is 24.3 Å². The van der Waals surface area contributed by atoms with E-state index in [1.807, 2.05) is 18.2 Å². The molecule has 0 unspecified atom stereocenters. The van der Waals surface area contributed by atoms with Gasteiger partial charge in [0.25, 0.3) is 5.91 Å². The van der Waals surface area contributed by atoms with Gasteiger partial charge in [-0.3, -0.25) is 4.79 Å². The maximum Gasteiger partial charge on any atom is 0.255 e. The van der Waals surface area contributed by atoms with Crippen molar-refractivity contribution in [2.75, 3.05) is 5.32 Å². The zero-order chi connectivity index (χ0) is 11.4. The van der Waals surface area contributed by atoms with E-state index < -0.39 is 0 Å². The third-order valence-corrected chi connectivity index (χ3v) is 2.16. The van der Waals surface area contributed by atoms with Gasteiger partial charge in [-0.15, -0.1) is 0 Å². The van der Waals surface area contributed by atoms with Crippen LogP contribution in [0.15, 0.2) is 54.6 Å². The Morgan fingerprint density at radius 1 is 0.938 bits per heavy atom. The Kier molecular flexibility index (Phi) is 2.87. The first kappa shape index (κ1) is 10.2. The van der Waals surface area contributed by atoms with Crippen molar-refractivity contribution in [2.24, 2.45) is 0 Å². The van der Waals surface area contributed by atoms with Crippen molar-refractivity contribution in [1.29, 1.82) is 0 Å². The Bertz CT molecular complexity index is 494. The summed E-state index contributed by atoms with van der Waals surface area (Å²) in [6, 6.07) is 15.2. The highest BCUT2D eigenvalue weighted by Gasteiger charge is 2.05. The summed E-state index contributed by atoms with van der Waals surface area (Å²) < 4.78 is 0. The van der Waals surface area contributed by atoms with Crippen LogP contribution >= 0.6 is 0 Å². The summed E-state index contributed by atoms with van der Waals surface area (Å²) in [7, 11) is 0. The molecule has 1 amide bonds. The van der Waals surface area contributed by atoms with Crippen LogP contribution in [0.1, 0.15) is 10.4 Å². The number of hydrogen-bond donors (Lipinski definition) is 1. The first-order chi connectivity index (χ1) is 7.77. The number of rotatable bonds is 2. The number of carbonyl (C=O) groups is 1. The molecule has 0 aliphatic carbocycles. The molecule has 0 aliphatic heterocycles. The van der Waals surface area contributed by atoms with Crippen molar-refractivity contribution in [3.8, 4) is 5.75 Å². The minimum absolute atomic E-state index is 0.159. The summed E-state index contributed by atoms with van der Waals surface area (Å²) in [6.45, 7) is 0. The van der Waals surface area contributed by atoms with Gasteiger partial charge in [0.05, 0.1) is 0 Å². The molecule has 0 aromatic heterocycles. The fourth-order valence-corrected chi connectivity index (χ4v) is 1.37. The summed E-state index contributed by atoms with van der Waals surface area (Å²) in [4.78, 5) is 11.7. The maximum atomic E-state index is 11.7. The van der Waals surface area contributed by atoms with Crippen molar-refractivity contribution in [1.82, 2.24) is 0 Å². The number of anilines is 1. The first-order valence-electron chi connectivity index (χ1n) is 4.90. The Balaban J connectivity index is 2.19. The topological polar surface area (TPSA) is 52.2 Å². The number of nitrogens with one attached hydrogen (secondary N) is 1. The molecule has 0 atom stereocenters. The summed E-state index contributed by atoms with van der Waals surface area (Å²) in [5, 5.41) is 14.1. The van der Waals surface area contributed by atoms with E-state index in [9.17, 15) is 9.90 Å². The van der Waals surface area contributed by atoms with Gasteiger partial charge in [0, 0.05) is 11.3 Å². The van der Waals surface area contributed by atoms with Gasteiger partial charge in [0.15, 0.2) is 0 Å². The molecule has 0 saturated carbocycles. The molecular weight excluding hydrogens is 202 g/mol. The molecule has 1 N–H and O–H groups in total. The third kappa shape index (κ3) is 2.20. The SMILES string of the molecule is O=C(Nc1ccccc1)c1ccccc1[O-]. The van der Waals surface area contributed by atoms with Gasteiger partial charge in [-0.1, -0.05) is 48.2 Å². The largest absolute Gasteiger partial charge is 0.872 e. The van der Waals surface area contributed by atoms with Crippen LogP contribution in [-0.2, 0) is 0 Å². The number of benzene rings is 2. The molecule has 0 bridgehead atoms. The van der Waals surface area contributed by atoms with Gasteiger partial charge < -0.3 is 10.4 Å². The van der Waals surface area contributed by atoms with Gasteiger partial charge >= 0.3 is 0 Å². The predicted molar refractivity (Wildman–Crippen MR) is 60.3 cm³/mol. The lowest BCUT2D eigenvalue weighted by Gasteiger charge is -2.12. The Morgan fingerprint density at radius 2 is 1.56 bits per heavy atom. The van der Waals surface area contributed by atoms with Crippen molar-refractivity contribution in [3.63, 3.8) is 0 Å². The minimum Gasteiger partial charge on any atom is -0.872 e. The Morgan fingerprint density at radius 3 is 2.25 bits per heavy atom. The van der Waals surface area contributed by atoms with Gasteiger partial charge in [-0.05, 0) is 12.1 Å². The highest BCUT2D eigenvalue weighted by molar-refractivity contribution is 6.05. The van der Waals surface area contributed by atoms with Crippen molar-refractivity contribution < 1.29 is 9.90 Å². The molecular formula is C13H10NO2-. The summed E-state index contributed by atoms with van der Waals surface area (Å²) in [5.74, 6) is -0.646. The minimum atomic E-state index is -0.378. The summed E-state index contributed by atoms with van der Waals surface area (Å²) >= 11 is 0. The second-order valence-corrected chi connectivity index (χ2v) is 3.32. The lowest BCUT2D eigenvalue weighted by molar-refractivity contribution is -0.268. The van der Waals surface area contributed by atoms with Gasteiger partial charge in [0.2, 0.25) is 0 Å². The quantitative estimate of drug-likeness (QED) is 0.827. The number of amides is 1. The third-order valence-electron chi connectivity index (χ3n) is 2.16. The average molecular weight is 212 g/mol. The molecule has 0 heterocycles. The number of hydrogen-bond acceptors (Lipinski definition) is 2. The highest BCUT2D eigenvalue weighted by Crippen LogP contribution is 2.14. The van der Waals surface area contributed by atoms with Crippen LogP contribution in [0.2, 0.25) is 0 Å². The Hall–Kier alpha value is -2.29. The van der Waals surface area contributed by atoms with E-state index in [-0.39, 0.29) is 17.2 Å². The van der Waals surface area contributed by atoms with E-state index in [2.05, 4.69) is 5.32 Å². The molecule has 0 spiro atoms. The molecule has 0 fully saturated rings. The van der Waals surface area contributed by atoms with E-state index in [4.69, 9.17) is 0 Å². The van der Waals surface area contributed by atoms with E-state index in [0.717, 1.165) is 0 Å². The van der Waals surface area contributed by atoms with E-state index >= 15 is 0 Å². The van der Waals surface area contributed by atoms with Gasteiger partial charge in [-0.2, -0.15) is 0 Å². The molecule has 2 rings (SSSR count). The predicted octanol–water partition coefficient (Wildman–Crippen LogP) is 2.01. The molecule has 80 valence electrons. The monoisotopic (exact) mass is 212 g/mol. The van der Waals surface area contributed by atoms with E-state index in [1.165, 1.54) is 12.1 Å². The molecule has 0 aliphatic rings. The maximum absolute atomic E-state index is 11.7. The van der Waals surface area contributed by atoms with Crippen LogP contribution in [0.5, 0.6) is 5.75 Å². The molecule has 2 aromatic carbocycles. The highest BCUT2D eigenvalue weighted by atomic mass is 16.3. The summed E-state index contributed by atoms with van der Waals surface area (Å²) in [6.07, 6.45) is 0.